The molecule has 0 bridgehead atoms. The Bertz CT molecular complexity index is 988. The molecule has 0 N–H and O–H groups in total. The van der Waals surface area contributed by atoms with Crippen molar-refractivity contribution in [3.8, 4) is 12.1 Å². The molecule has 2 aliphatic heterocycles. The van der Waals surface area contributed by atoms with E-state index < -0.39 is 0 Å². The number of ketones is 1. The molecule has 2 fully saturated rings. The number of nitriles is 2. The van der Waals surface area contributed by atoms with Gasteiger partial charge in [-0.25, -0.2) is 0 Å². The first kappa shape index (κ1) is 26.6. The molecule has 0 radical (unpaired) electrons. The highest BCUT2D eigenvalue weighted by Crippen LogP contribution is 2.26. The van der Waals surface area contributed by atoms with Gasteiger partial charge in [-0.15, -0.1) is 0 Å². The maximum absolute atomic E-state index is 10.4. The summed E-state index contributed by atoms with van der Waals surface area (Å²) >= 11 is 11.5. The molecule has 7 heteroatoms. The van der Waals surface area contributed by atoms with Crippen molar-refractivity contribution in [2.45, 2.75) is 32.1 Å². The van der Waals surface area contributed by atoms with Crippen molar-refractivity contribution in [3.63, 3.8) is 0 Å². The minimum atomic E-state index is 0.339. The fourth-order valence-electron chi connectivity index (χ4n) is 3.12. The lowest BCUT2D eigenvalue weighted by molar-refractivity contribution is -0.124. The summed E-state index contributed by atoms with van der Waals surface area (Å²) in [6, 6.07) is 19.0. The second-order valence-corrected chi connectivity index (χ2v) is 8.19. The molecular weight excluding hydrogens is 459 g/mol. The van der Waals surface area contributed by atoms with Crippen molar-refractivity contribution < 1.29 is 14.3 Å². The van der Waals surface area contributed by atoms with Gasteiger partial charge in [0.15, 0.2) is 0 Å². The van der Waals surface area contributed by atoms with Crippen molar-refractivity contribution >= 4 is 34.6 Å². The van der Waals surface area contributed by atoms with Gasteiger partial charge in [0.05, 0.1) is 50.6 Å². The number of allylic oxidation sites excluding steroid dienone is 1. The summed E-state index contributed by atoms with van der Waals surface area (Å²) in [5, 5.41) is 18.9. The van der Waals surface area contributed by atoms with E-state index in [1.807, 2.05) is 36.4 Å². The van der Waals surface area contributed by atoms with Gasteiger partial charge < -0.3 is 9.47 Å². The molecule has 0 saturated carbocycles. The lowest BCUT2D eigenvalue weighted by atomic mass is 9.96. The first-order chi connectivity index (χ1) is 16.0. The van der Waals surface area contributed by atoms with Gasteiger partial charge in [0, 0.05) is 22.9 Å². The monoisotopic (exact) mass is 484 g/mol. The Morgan fingerprint density at radius 1 is 0.788 bits per heavy atom. The molecular formula is C26H26Cl2N2O3. The van der Waals surface area contributed by atoms with Gasteiger partial charge in [0.2, 0.25) is 0 Å². The molecule has 0 spiro atoms. The number of hydrogen-bond acceptors (Lipinski definition) is 5. The Morgan fingerprint density at radius 3 is 1.70 bits per heavy atom. The minimum absolute atomic E-state index is 0.339. The highest BCUT2D eigenvalue weighted by atomic mass is 35.5. The predicted molar refractivity (Wildman–Crippen MR) is 130 cm³/mol. The summed E-state index contributed by atoms with van der Waals surface area (Å²) in [7, 11) is 0. The fourth-order valence-corrected chi connectivity index (χ4v) is 3.38. The van der Waals surface area contributed by atoms with Crippen LogP contribution < -0.4 is 0 Å². The molecule has 5 nitrogen and oxygen atoms in total. The van der Waals surface area contributed by atoms with Crippen LogP contribution in [0.15, 0.2) is 54.1 Å². The minimum Gasteiger partial charge on any atom is -0.381 e. The van der Waals surface area contributed by atoms with Gasteiger partial charge in [0.25, 0.3) is 0 Å². The van der Waals surface area contributed by atoms with Gasteiger partial charge in [-0.3, -0.25) is 4.79 Å². The summed E-state index contributed by atoms with van der Waals surface area (Å²) < 4.78 is 10.2. The zero-order chi connectivity index (χ0) is 23.9. The molecule has 0 unspecified atom stereocenters. The average Bonchev–Trinajstić information content (AvgIpc) is 2.84. The summed E-state index contributed by atoms with van der Waals surface area (Å²) in [6.07, 6.45) is 3.41. The molecule has 2 aliphatic rings. The molecule has 0 amide bonds. The zero-order valence-corrected chi connectivity index (χ0v) is 19.9. The van der Waals surface area contributed by atoms with Gasteiger partial charge in [-0.05, 0) is 53.8 Å². The van der Waals surface area contributed by atoms with E-state index in [1.165, 1.54) is 5.57 Å². The van der Waals surface area contributed by atoms with Crippen molar-refractivity contribution in [2.75, 3.05) is 26.4 Å². The van der Waals surface area contributed by atoms with Gasteiger partial charge in [-0.2, -0.15) is 10.5 Å². The highest BCUT2D eigenvalue weighted by Gasteiger charge is 2.12. The van der Waals surface area contributed by atoms with Crippen LogP contribution in [0, 0.1) is 22.7 Å². The molecule has 2 saturated heterocycles. The first-order valence-corrected chi connectivity index (χ1v) is 11.5. The summed E-state index contributed by atoms with van der Waals surface area (Å²) in [6.45, 7) is 2.71. The van der Waals surface area contributed by atoms with Gasteiger partial charge in [0.1, 0.15) is 5.78 Å². The van der Waals surface area contributed by atoms with Crippen molar-refractivity contribution in [1.82, 2.24) is 0 Å². The lowest BCUT2D eigenvalue weighted by Gasteiger charge is -2.16. The maximum atomic E-state index is 10.4. The van der Waals surface area contributed by atoms with E-state index in [1.54, 1.807) is 12.1 Å². The van der Waals surface area contributed by atoms with E-state index in [4.69, 9.17) is 37.9 Å². The van der Waals surface area contributed by atoms with Crippen LogP contribution >= 0.6 is 23.2 Å². The van der Waals surface area contributed by atoms with E-state index in [0.717, 1.165) is 29.5 Å². The van der Waals surface area contributed by atoms with Crippen molar-refractivity contribution in [1.29, 1.82) is 10.5 Å². The Hall–Kier alpha value is -2.67. The van der Waals surface area contributed by atoms with Crippen molar-refractivity contribution in [2.24, 2.45) is 0 Å². The SMILES string of the molecule is N#CC(=C1CCOCC1)c1ccc(Cl)cc1.N#CCc1ccc(Cl)cc1.O=C1CCOCC1. The number of ether oxygens (including phenoxy) is 2. The third-order valence-corrected chi connectivity index (χ3v) is 5.45. The molecule has 33 heavy (non-hydrogen) atoms. The van der Waals surface area contributed by atoms with Crippen LogP contribution in [0.3, 0.4) is 0 Å². The number of Topliss-reactive ketones (excluding diaryl/α,β-unsaturated/α-hetero) is 1. The standard InChI is InChI=1S/C13H12ClNO.C8H6ClN.C5H8O2/c14-12-3-1-10(2-4-12)13(9-15)11-5-7-16-8-6-11;9-8-3-1-7(2-4-8)5-6-10;6-5-1-3-7-4-2-5/h1-4H,5-8H2;1-4H,5H2;1-4H2. The molecule has 4 rings (SSSR count). The van der Waals surface area contributed by atoms with Crippen LogP contribution in [0.25, 0.3) is 5.57 Å². The summed E-state index contributed by atoms with van der Waals surface area (Å²) in [4.78, 5) is 10.4. The topological polar surface area (TPSA) is 83.1 Å². The van der Waals surface area contributed by atoms with Crippen LogP contribution in [-0.4, -0.2) is 32.2 Å². The number of carbonyl (C=O) groups is 1. The second kappa shape index (κ2) is 15.2. The summed E-state index contributed by atoms with van der Waals surface area (Å²) in [5.41, 5.74) is 3.92. The number of halogens is 2. The Balaban J connectivity index is 0.000000193. The summed E-state index contributed by atoms with van der Waals surface area (Å²) in [5.74, 6) is 0.339. The molecule has 2 aromatic carbocycles. The lowest BCUT2D eigenvalue weighted by Crippen LogP contribution is -2.14. The van der Waals surface area contributed by atoms with Crippen LogP contribution in [0.2, 0.25) is 10.0 Å². The number of rotatable bonds is 2. The van der Waals surface area contributed by atoms with Crippen LogP contribution in [0.5, 0.6) is 0 Å². The van der Waals surface area contributed by atoms with Crippen LogP contribution in [0.4, 0.5) is 0 Å². The third kappa shape index (κ3) is 10.2. The molecule has 0 aromatic heterocycles. The van der Waals surface area contributed by atoms with E-state index >= 15 is 0 Å². The van der Waals surface area contributed by atoms with Gasteiger partial charge >= 0.3 is 0 Å². The maximum Gasteiger partial charge on any atom is 0.137 e. The zero-order valence-electron chi connectivity index (χ0n) is 18.4. The third-order valence-electron chi connectivity index (χ3n) is 4.94. The van der Waals surface area contributed by atoms with E-state index in [0.29, 0.717) is 61.5 Å². The molecule has 2 heterocycles. The number of carbonyl (C=O) groups excluding carboxylic acids is 1. The fraction of sp³-hybridized carbons (Fsp3) is 0.346. The molecule has 172 valence electrons. The highest BCUT2D eigenvalue weighted by molar-refractivity contribution is 6.30. The van der Waals surface area contributed by atoms with Crippen LogP contribution in [-0.2, 0) is 20.7 Å². The first-order valence-electron chi connectivity index (χ1n) is 10.7. The normalized spacial score (nSPS) is 15.0. The van der Waals surface area contributed by atoms with Crippen LogP contribution in [0.1, 0.15) is 36.8 Å². The molecule has 0 atom stereocenters. The number of benzene rings is 2. The Morgan fingerprint density at radius 2 is 1.27 bits per heavy atom. The van der Waals surface area contributed by atoms with E-state index in [-0.39, 0.29) is 0 Å². The average molecular weight is 485 g/mol. The number of nitrogens with zero attached hydrogens (tertiary/aromatic N) is 2. The number of hydrogen-bond donors (Lipinski definition) is 0. The van der Waals surface area contributed by atoms with Gasteiger partial charge in [-0.1, -0.05) is 47.5 Å². The van der Waals surface area contributed by atoms with Crippen molar-refractivity contribution in [3.05, 3.63) is 75.3 Å². The second-order valence-electron chi connectivity index (χ2n) is 7.32. The molecule has 2 aromatic rings. The smallest absolute Gasteiger partial charge is 0.137 e. The largest absolute Gasteiger partial charge is 0.381 e. The molecule has 0 aliphatic carbocycles. The Kier molecular flexibility index (Phi) is 12.3. The Labute approximate surface area is 205 Å². The van der Waals surface area contributed by atoms with E-state index in [2.05, 4.69) is 12.1 Å². The van der Waals surface area contributed by atoms with E-state index in [9.17, 15) is 10.1 Å². The predicted octanol–water partition coefficient (Wildman–Crippen LogP) is 6.20. The quantitative estimate of drug-likeness (QED) is 0.473.